The van der Waals surface area contributed by atoms with Crippen molar-refractivity contribution in [1.82, 2.24) is 19.6 Å². The minimum absolute atomic E-state index is 0.0588. The summed E-state index contributed by atoms with van der Waals surface area (Å²) in [5, 5.41) is 3.03. The van der Waals surface area contributed by atoms with Gasteiger partial charge in [-0.1, -0.05) is 18.2 Å². The summed E-state index contributed by atoms with van der Waals surface area (Å²) in [6.07, 6.45) is 3.88. The minimum Gasteiger partial charge on any atom is -0.487 e. The van der Waals surface area contributed by atoms with Crippen LogP contribution in [0.2, 0.25) is 0 Å². The van der Waals surface area contributed by atoms with Crippen molar-refractivity contribution in [3.05, 3.63) is 102 Å². The average molecular weight is 475 g/mol. The molecule has 0 radical (unpaired) electrons. The summed E-state index contributed by atoms with van der Waals surface area (Å²) in [7, 11) is 0. The second-order valence-corrected chi connectivity index (χ2v) is 8.44. The van der Waals surface area contributed by atoms with Crippen LogP contribution < -0.4 is 10.1 Å². The number of rotatable bonds is 8. The van der Waals surface area contributed by atoms with E-state index in [1.807, 2.05) is 35.0 Å². The van der Waals surface area contributed by atoms with Crippen molar-refractivity contribution in [2.24, 2.45) is 0 Å². The molecule has 1 aliphatic heterocycles. The molecule has 1 aliphatic rings. The first-order chi connectivity index (χ1) is 17.2. The summed E-state index contributed by atoms with van der Waals surface area (Å²) >= 11 is 0. The van der Waals surface area contributed by atoms with Gasteiger partial charge in [-0.3, -0.25) is 9.69 Å². The molecule has 0 saturated carbocycles. The van der Waals surface area contributed by atoms with Gasteiger partial charge in [-0.25, -0.2) is 9.37 Å². The van der Waals surface area contributed by atoms with Gasteiger partial charge in [-0.15, -0.1) is 0 Å². The SMILES string of the molecule is O=C(NC[C@H](c1ccc(F)cc1)N1CCOCC1)c1ccc(OCc2cn3ccccc3n2)cc1. The van der Waals surface area contributed by atoms with Crippen LogP contribution in [0.25, 0.3) is 5.65 Å². The van der Waals surface area contributed by atoms with Gasteiger partial charge in [0.05, 0.1) is 24.9 Å². The predicted octanol–water partition coefficient (Wildman–Crippen LogP) is 3.86. The number of halogens is 1. The van der Waals surface area contributed by atoms with Gasteiger partial charge in [-0.2, -0.15) is 0 Å². The molecular formula is C27H27FN4O3. The molecular weight excluding hydrogens is 447 g/mol. The number of nitrogens with one attached hydrogen (secondary N) is 1. The van der Waals surface area contributed by atoms with Crippen LogP contribution in [-0.4, -0.2) is 53.0 Å². The summed E-state index contributed by atoms with van der Waals surface area (Å²) < 4.78 is 26.7. The van der Waals surface area contributed by atoms with Crippen molar-refractivity contribution < 1.29 is 18.7 Å². The third-order valence-corrected chi connectivity index (χ3v) is 6.11. The summed E-state index contributed by atoms with van der Waals surface area (Å²) in [6, 6.07) is 19.3. The van der Waals surface area contributed by atoms with Gasteiger partial charge in [0, 0.05) is 37.6 Å². The van der Waals surface area contributed by atoms with Crippen molar-refractivity contribution in [2.45, 2.75) is 12.6 Å². The Bertz CT molecular complexity index is 1230. The number of nitrogens with zero attached hydrogens (tertiary/aromatic N) is 3. The zero-order valence-corrected chi connectivity index (χ0v) is 19.3. The first-order valence-corrected chi connectivity index (χ1v) is 11.7. The molecule has 4 aromatic rings. The largest absolute Gasteiger partial charge is 0.487 e. The molecule has 1 amide bonds. The summed E-state index contributed by atoms with van der Waals surface area (Å²) in [6.45, 7) is 3.55. The fourth-order valence-corrected chi connectivity index (χ4v) is 4.24. The van der Waals surface area contributed by atoms with Gasteiger partial charge in [-0.05, 0) is 54.1 Å². The number of carbonyl (C=O) groups is 1. The normalized spacial score (nSPS) is 15.1. The molecule has 1 saturated heterocycles. The quantitative estimate of drug-likeness (QED) is 0.420. The van der Waals surface area contributed by atoms with E-state index < -0.39 is 0 Å². The first-order valence-electron chi connectivity index (χ1n) is 11.7. The smallest absolute Gasteiger partial charge is 0.251 e. The lowest BCUT2D eigenvalue weighted by atomic mass is 10.0. The summed E-state index contributed by atoms with van der Waals surface area (Å²) in [4.78, 5) is 19.6. The third-order valence-electron chi connectivity index (χ3n) is 6.11. The molecule has 0 spiro atoms. The van der Waals surface area contributed by atoms with Gasteiger partial charge in [0.15, 0.2) is 0 Å². The van der Waals surface area contributed by atoms with Crippen LogP contribution in [0.4, 0.5) is 4.39 Å². The summed E-state index contributed by atoms with van der Waals surface area (Å²) in [5.74, 6) is 0.218. The van der Waals surface area contributed by atoms with Crippen molar-refractivity contribution in [2.75, 3.05) is 32.8 Å². The van der Waals surface area contributed by atoms with Gasteiger partial charge in [0.25, 0.3) is 5.91 Å². The second kappa shape index (κ2) is 10.7. The van der Waals surface area contributed by atoms with Crippen molar-refractivity contribution >= 4 is 11.6 Å². The number of carbonyl (C=O) groups excluding carboxylic acids is 1. The van der Waals surface area contributed by atoms with Crippen LogP contribution >= 0.6 is 0 Å². The Morgan fingerprint density at radius 2 is 1.83 bits per heavy atom. The maximum atomic E-state index is 13.4. The van der Waals surface area contributed by atoms with E-state index in [0.717, 1.165) is 30.0 Å². The Morgan fingerprint density at radius 1 is 1.06 bits per heavy atom. The number of pyridine rings is 1. The van der Waals surface area contributed by atoms with Crippen LogP contribution in [0, 0.1) is 5.82 Å². The van der Waals surface area contributed by atoms with E-state index in [1.165, 1.54) is 12.1 Å². The first kappa shape index (κ1) is 23.0. The Hall–Kier alpha value is -3.75. The Balaban J connectivity index is 1.19. The Labute approximate surface area is 203 Å². The van der Waals surface area contributed by atoms with E-state index in [-0.39, 0.29) is 17.8 Å². The van der Waals surface area contributed by atoms with Crippen LogP contribution in [0.1, 0.15) is 27.7 Å². The number of amides is 1. The molecule has 1 atom stereocenters. The highest BCUT2D eigenvalue weighted by molar-refractivity contribution is 5.94. The molecule has 35 heavy (non-hydrogen) atoms. The lowest BCUT2D eigenvalue weighted by Gasteiger charge is -2.35. The van der Waals surface area contributed by atoms with Crippen molar-refractivity contribution in [1.29, 1.82) is 0 Å². The number of morpholine rings is 1. The van der Waals surface area contributed by atoms with Crippen molar-refractivity contribution in [3.8, 4) is 5.75 Å². The number of benzene rings is 2. The van der Waals surface area contributed by atoms with Gasteiger partial charge in [0.1, 0.15) is 23.8 Å². The number of fused-ring (bicyclic) bond motifs is 1. The lowest BCUT2D eigenvalue weighted by molar-refractivity contribution is 0.0162. The number of ether oxygens (including phenoxy) is 2. The third kappa shape index (κ3) is 5.67. The number of hydrogen-bond donors (Lipinski definition) is 1. The molecule has 2 aromatic heterocycles. The van der Waals surface area contributed by atoms with E-state index in [0.29, 0.717) is 37.7 Å². The van der Waals surface area contributed by atoms with Crippen molar-refractivity contribution in [3.63, 3.8) is 0 Å². The van der Waals surface area contributed by atoms with E-state index in [4.69, 9.17) is 9.47 Å². The molecule has 1 fully saturated rings. The fourth-order valence-electron chi connectivity index (χ4n) is 4.24. The fraction of sp³-hybridized carbons (Fsp3) is 0.259. The molecule has 7 nitrogen and oxygen atoms in total. The zero-order chi connectivity index (χ0) is 24.0. The van der Waals surface area contributed by atoms with E-state index in [9.17, 15) is 9.18 Å². The number of imidazole rings is 1. The molecule has 8 heteroatoms. The number of aromatic nitrogens is 2. The van der Waals surface area contributed by atoms with Crippen LogP contribution in [0.5, 0.6) is 5.75 Å². The monoisotopic (exact) mass is 474 g/mol. The molecule has 180 valence electrons. The molecule has 1 N–H and O–H groups in total. The molecule has 5 rings (SSSR count). The molecule has 0 bridgehead atoms. The maximum Gasteiger partial charge on any atom is 0.251 e. The van der Waals surface area contributed by atoms with Crippen LogP contribution in [-0.2, 0) is 11.3 Å². The standard InChI is InChI=1S/C27H27FN4O3/c28-22-8-4-20(5-9-22)25(31-13-15-34-16-14-31)17-29-27(33)21-6-10-24(11-7-21)35-19-23-18-32-12-2-1-3-26(32)30-23/h1-12,18,25H,13-17,19H2,(H,29,33)/t25-/m1/s1. The maximum absolute atomic E-state index is 13.4. The van der Waals surface area contributed by atoms with E-state index in [1.54, 1.807) is 36.4 Å². The summed E-state index contributed by atoms with van der Waals surface area (Å²) in [5.41, 5.74) is 3.20. The number of hydrogen-bond acceptors (Lipinski definition) is 5. The van der Waals surface area contributed by atoms with Crippen LogP contribution in [0.3, 0.4) is 0 Å². The van der Waals surface area contributed by atoms with Gasteiger partial charge in [0.2, 0.25) is 0 Å². The highest BCUT2D eigenvalue weighted by atomic mass is 19.1. The highest BCUT2D eigenvalue weighted by Gasteiger charge is 2.23. The average Bonchev–Trinajstić information content (AvgIpc) is 3.32. The highest BCUT2D eigenvalue weighted by Crippen LogP contribution is 2.22. The zero-order valence-electron chi connectivity index (χ0n) is 19.3. The Morgan fingerprint density at radius 3 is 2.57 bits per heavy atom. The lowest BCUT2D eigenvalue weighted by Crippen LogP contribution is -2.43. The molecule has 2 aromatic carbocycles. The van der Waals surface area contributed by atoms with E-state index >= 15 is 0 Å². The topological polar surface area (TPSA) is 68.1 Å². The molecule has 0 unspecified atom stereocenters. The minimum atomic E-state index is -0.276. The second-order valence-electron chi connectivity index (χ2n) is 8.44. The Kier molecular flexibility index (Phi) is 7.02. The van der Waals surface area contributed by atoms with Gasteiger partial charge >= 0.3 is 0 Å². The van der Waals surface area contributed by atoms with Crippen LogP contribution in [0.15, 0.2) is 79.1 Å². The molecule has 0 aliphatic carbocycles. The molecule has 3 heterocycles. The van der Waals surface area contributed by atoms with E-state index in [2.05, 4.69) is 15.2 Å². The van der Waals surface area contributed by atoms with Gasteiger partial charge < -0.3 is 19.2 Å². The predicted molar refractivity (Wildman–Crippen MR) is 130 cm³/mol.